The monoisotopic (exact) mass is 332 g/mol. The van der Waals surface area contributed by atoms with E-state index in [1.807, 2.05) is 34.8 Å². The fourth-order valence-electron chi connectivity index (χ4n) is 4.23. The van der Waals surface area contributed by atoms with Crippen LogP contribution in [0.4, 0.5) is 0 Å². The summed E-state index contributed by atoms with van der Waals surface area (Å²) in [6.07, 6.45) is 7.87. The molecule has 0 aromatic carbocycles. The van der Waals surface area contributed by atoms with Crippen LogP contribution in [0.25, 0.3) is 0 Å². The second kappa shape index (κ2) is 6.52. The van der Waals surface area contributed by atoms with Crippen molar-refractivity contribution < 1.29 is 14.3 Å². The van der Waals surface area contributed by atoms with Gasteiger partial charge in [-0.3, -0.25) is 4.79 Å². The third-order valence-corrected chi connectivity index (χ3v) is 5.88. The first-order valence-corrected chi connectivity index (χ1v) is 9.28. The van der Waals surface area contributed by atoms with Gasteiger partial charge in [-0.15, -0.1) is 0 Å². The fraction of sp³-hybridized carbons (Fsp3) is 0.737. The molecule has 3 heterocycles. The Hall–Kier alpha value is -1.33. The maximum atomic E-state index is 12.9. The van der Waals surface area contributed by atoms with E-state index in [0.29, 0.717) is 0 Å². The first-order chi connectivity index (χ1) is 11.7. The summed E-state index contributed by atoms with van der Waals surface area (Å²) in [5.74, 6) is 0.905. The molecule has 1 saturated carbocycles. The average molecular weight is 332 g/mol. The second-order valence-electron chi connectivity index (χ2n) is 7.80. The molecule has 5 heteroatoms. The molecular formula is C19H28N2O3. The molecule has 4 rings (SSSR count). The Morgan fingerprint density at radius 2 is 2.29 bits per heavy atom. The van der Waals surface area contributed by atoms with E-state index in [0.717, 1.165) is 63.8 Å². The number of rotatable bonds is 5. The van der Waals surface area contributed by atoms with Gasteiger partial charge in [0.25, 0.3) is 5.91 Å². The van der Waals surface area contributed by atoms with E-state index in [-0.39, 0.29) is 17.4 Å². The van der Waals surface area contributed by atoms with Gasteiger partial charge in [-0.1, -0.05) is 0 Å². The Bertz CT molecular complexity index is 595. The van der Waals surface area contributed by atoms with Crippen molar-refractivity contribution in [3.8, 4) is 0 Å². The van der Waals surface area contributed by atoms with Crippen LogP contribution in [0.5, 0.6) is 0 Å². The number of fused-ring (bicyclic) bond motifs is 1. The summed E-state index contributed by atoms with van der Waals surface area (Å²) in [7, 11) is 1.93. The number of aromatic nitrogens is 1. The molecule has 3 aliphatic rings. The lowest BCUT2D eigenvalue weighted by atomic mass is 9.73. The third kappa shape index (κ3) is 3.11. The van der Waals surface area contributed by atoms with E-state index >= 15 is 0 Å². The molecule has 0 unspecified atom stereocenters. The Morgan fingerprint density at radius 1 is 1.42 bits per heavy atom. The lowest BCUT2D eigenvalue weighted by Gasteiger charge is -2.50. The molecule has 0 N–H and O–H groups in total. The molecule has 0 radical (unpaired) electrons. The summed E-state index contributed by atoms with van der Waals surface area (Å²) in [6, 6.07) is 3.83. The van der Waals surface area contributed by atoms with Crippen molar-refractivity contribution in [3.05, 3.63) is 24.0 Å². The molecule has 5 nitrogen and oxygen atoms in total. The maximum absolute atomic E-state index is 12.9. The number of aryl methyl sites for hydroxylation is 1. The zero-order chi connectivity index (χ0) is 16.6. The number of piperidine rings is 1. The molecule has 1 amide bonds. The zero-order valence-electron chi connectivity index (χ0n) is 14.6. The number of hydrogen-bond donors (Lipinski definition) is 0. The van der Waals surface area contributed by atoms with Crippen LogP contribution in [0.1, 0.15) is 42.6 Å². The van der Waals surface area contributed by atoms with Crippen molar-refractivity contribution in [2.45, 2.75) is 38.2 Å². The standard InChI is InChI=1S/C19H28N2O3/c1-20-9-2-4-16(20)18(22)21-10-7-17-19(13-21,8-3-11-24-17)14-23-12-15-5-6-15/h2,4,9,15,17H,3,5-8,10-14H2,1H3/t17-,19+/m0/s1. The minimum Gasteiger partial charge on any atom is -0.380 e. The summed E-state index contributed by atoms with van der Waals surface area (Å²) >= 11 is 0. The number of ether oxygens (including phenoxy) is 2. The first kappa shape index (κ1) is 16.2. The van der Waals surface area contributed by atoms with Gasteiger partial charge in [-0.2, -0.15) is 0 Å². The second-order valence-corrected chi connectivity index (χ2v) is 7.80. The van der Waals surface area contributed by atoms with Crippen LogP contribution in [-0.4, -0.2) is 54.4 Å². The molecule has 0 spiro atoms. The Kier molecular flexibility index (Phi) is 4.39. The highest BCUT2D eigenvalue weighted by atomic mass is 16.5. The highest BCUT2D eigenvalue weighted by Gasteiger charge is 2.47. The van der Waals surface area contributed by atoms with Crippen LogP contribution < -0.4 is 0 Å². The SMILES string of the molecule is Cn1cccc1C(=O)N1CC[C@@H]2OCCC[C@]2(COCC2CC2)C1. The van der Waals surface area contributed by atoms with Crippen LogP contribution in [0, 0.1) is 11.3 Å². The van der Waals surface area contributed by atoms with E-state index in [1.165, 1.54) is 12.8 Å². The molecular weight excluding hydrogens is 304 g/mol. The summed E-state index contributed by atoms with van der Waals surface area (Å²) in [5.41, 5.74) is 0.742. The predicted octanol–water partition coefficient (Wildman–Crippen LogP) is 2.46. The highest BCUT2D eigenvalue weighted by molar-refractivity contribution is 5.92. The number of likely N-dealkylation sites (tertiary alicyclic amines) is 1. The molecule has 1 aliphatic carbocycles. The molecule has 3 fully saturated rings. The summed E-state index contributed by atoms with van der Waals surface area (Å²) in [5, 5.41) is 0. The quantitative estimate of drug-likeness (QED) is 0.832. The Balaban J connectivity index is 1.47. The van der Waals surface area contributed by atoms with Gasteiger partial charge in [0, 0.05) is 45.0 Å². The van der Waals surface area contributed by atoms with Crippen molar-refractivity contribution in [1.82, 2.24) is 9.47 Å². The lowest BCUT2D eigenvalue weighted by Crippen LogP contribution is -2.58. The molecule has 2 aliphatic heterocycles. The van der Waals surface area contributed by atoms with Gasteiger partial charge in [-0.25, -0.2) is 0 Å². The van der Waals surface area contributed by atoms with Crippen molar-refractivity contribution in [2.24, 2.45) is 18.4 Å². The third-order valence-electron chi connectivity index (χ3n) is 5.88. The fourth-order valence-corrected chi connectivity index (χ4v) is 4.23. The van der Waals surface area contributed by atoms with Gasteiger partial charge >= 0.3 is 0 Å². The molecule has 1 aromatic heterocycles. The first-order valence-electron chi connectivity index (χ1n) is 9.28. The minimum absolute atomic E-state index is 0.0216. The number of carbonyl (C=O) groups excluding carboxylic acids is 1. The number of hydrogen-bond acceptors (Lipinski definition) is 3. The van der Waals surface area contributed by atoms with Gasteiger partial charge in [0.15, 0.2) is 0 Å². The summed E-state index contributed by atoms with van der Waals surface area (Å²) in [4.78, 5) is 14.9. The number of nitrogens with zero attached hydrogens (tertiary/aromatic N) is 2. The normalized spacial score (nSPS) is 30.2. The van der Waals surface area contributed by atoms with Crippen molar-refractivity contribution in [3.63, 3.8) is 0 Å². The summed E-state index contributed by atoms with van der Waals surface area (Å²) in [6.45, 7) is 3.98. The number of amides is 1. The van der Waals surface area contributed by atoms with E-state index in [9.17, 15) is 4.79 Å². The zero-order valence-corrected chi connectivity index (χ0v) is 14.6. The molecule has 2 atom stereocenters. The van der Waals surface area contributed by atoms with Crippen molar-refractivity contribution in [1.29, 1.82) is 0 Å². The molecule has 24 heavy (non-hydrogen) atoms. The molecule has 1 aromatic rings. The Labute approximate surface area is 143 Å². The smallest absolute Gasteiger partial charge is 0.270 e. The van der Waals surface area contributed by atoms with Gasteiger partial charge in [-0.05, 0) is 50.2 Å². The van der Waals surface area contributed by atoms with Gasteiger partial charge in [0.05, 0.1) is 12.7 Å². The van der Waals surface area contributed by atoms with Crippen molar-refractivity contribution in [2.75, 3.05) is 32.9 Å². The number of carbonyl (C=O) groups is 1. The van der Waals surface area contributed by atoms with Crippen LogP contribution in [0.15, 0.2) is 18.3 Å². The van der Waals surface area contributed by atoms with Gasteiger partial charge < -0.3 is 18.9 Å². The maximum Gasteiger partial charge on any atom is 0.270 e. The Morgan fingerprint density at radius 3 is 3.04 bits per heavy atom. The average Bonchev–Trinajstić information content (AvgIpc) is 3.32. The lowest BCUT2D eigenvalue weighted by molar-refractivity contribution is -0.147. The highest BCUT2D eigenvalue weighted by Crippen LogP contribution is 2.41. The molecule has 132 valence electrons. The van der Waals surface area contributed by atoms with E-state index in [2.05, 4.69) is 0 Å². The summed E-state index contributed by atoms with van der Waals surface area (Å²) < 4.78 is 14.1. The van der Waals surface area contributed by atoms with E-state index < -0.39 is 0 Å². The van der Waals surface area contributed by atoms with Crippen LogP contribution in [0.2, 0.25) is 0 Å². The van der Waals surface area contributed by atoms with Crippen LogP contribution in [0.3, 0.4) is 0 Å². The van der Waals surface area contributed by atoms with Crippen molar-refractivity contribution >= 4 is 5.91 Å². The van der Waals surface area contributed by atoms with E-state index in [1.54, 1.807) is 0 Å². The van der Waals surface area contributed by atoms with E-state index in [4.69, 9.17) is 9.47 Å². The minimum atomic E-state index is -0.0216. The largest absolute Gasteiger partial charge is 0.380 e. The predicted molar refractivity (Wildman–Crippen MR) is 90.9 cm³/mol. The molecule has 0 bridgehead atoms. The van der Waals surface area contributed by atoms with Gasteiger partial charge in [0.1, 0.15) is 5.69 Å². The molecule has 2 saturated heterocycles. The van der Waals surface area contributed by atoms with Gasteiger partial charge in [0.2, 0.25) is 0 Å². The topological polar surface area (TPSA) is 43.7 Å². The van der Waals surface area contributed by atoms with Crippen LogP contribution in [-0.2, 0) is 16.5 Å². The van der Waals surface area contributed by atoms with Crippen LogP contribution >= 0.6 is 0 Å².